The van der Waals surface area contributed by atoms with Crippen LogP contribution in [-0.2, 0) is 5.41 Å². The molecule has 0 saturated carbocycles. The Morgan fingerprint density at radius 1 is 0.659 bits per heavy atom. The van der Waals surface area contributed by atoms with E-state index in [1.54, 1.807) is 0 Å². The summed E-state index contributed by atoms with van der Waals surface area (Å²) in [7, 11) is 0. The van der Waals surface area contributed by atoms with Crippen LogP contribution in [-0.4, -0.2) is 9.97 Å². The van der Waals surface area contributed by atoms with Crippen molar-refractivity contribution in [2.24, 2.45) is 0 Å². The van der Waals surface area contributed by atoms with Crippen LogP contribution in [0.5, 0.6) is 11.5 Å². The molecule has 0 spiro atoms. The molecular formula is C40H27N3O. The van der Waals surface area contributed by atoms with Gasteiger partial charge in [0.05, 0.1) is 16.8 Å². The lowest BCUT2D eigenvalue weighted by Crippen LogP contribution is -2.25. The average Bonchev–Trinajstić information content (AvgIpc) is 3.07. The van der Waals surface area contributed by atoms with E-state index in [2.05, 4.69) is 111 Å². The van der Waals surface area contributed by atoms with Gasteiger partial charge in [0.25, 0.3) is 0 Å². The Hall–Kier alpha value is -5.79. The van der Waals surface area contributed by atoms with Gasteiger partial charge < -0.3 is 4.74 Å². The lowest BCUT2D eigenvalue weighted by atomic mass is 9.72. The normalized spacial score (nSPS) is 13.1. The molecule has 1 aromatic heterocycles. The molecule has 0 radical (unpaired) electrons. The number of nitrogens with zero attached hydrogens (tertiary/aromatic N) is 3. The summed E-state index contributed by atoms with van der Waals surface area (Å²) in [6, 6.07) is 45.7. The van der Waals surface area contributed by atoms with Crippen LogP contribution in [0.25, 0.3) is 55.4 Å². The molecule has 1 aliphatic rings. The molecule has 2 heterocycles. The number of ether oxygens (including phenoxy) is 1. The highest BCUT2D eigenvalue weighted by atomic mass is 16.5. The molecule has 4 nitrogen and oxygen atoms in total. The quantitative estimate of drug-likeness (QED) is 0.214. The van der Waals surface area contributed by atoms with Crippen molar-refractivity contribution in [3.63, 3.8) is 0 Å². The van der Waals surface area contributed by atoms with Gasteiger partial charge in [-0.25, -0.2) is 9.97 Å². The molecule has 0 fully saturated rings. The minimum Gasteiger partial charge on any atom is -0.455 e. The molecule has 0 unspecified atom stereocenters. The molecule has 6 aromatic carbocycles. The summed E-state index contributed by atoms with van der Waals surface area (Å²) >= 11 is 0. The fourth-order valence-corrected chi connectivity index (χ4v) is 6.64. The van der Waals surface area contributed by atoms with E-state index in [4.69, 9.17) is 14.7 Å². The molecule has 0 N–H and O–H groups in total. The van der Waals surface area contributed by atoms with E-state index in [9.17, 15) is 5.26 Å². The van der Waals surface area contributed by atoms with Gasteiger partial charge in [0.2, 0.25) is 0 Å². The highest BCUT2D eigenvalue weighted by molar-refractivity contribution is 5.99. The first-order valence-corrected chi connectivity index (χ1v) is 14.7. The standard InChI is InChI=1S/C40H27N3O/c1-40(2)33-20-9-15-28(24-41)38(33)44-35-22-10-18-30(36(35)40)26-13-7-14-27(23-26)37-32-17-5-6-21-34(32)42-39(43-37)31-19-8-12-25-11-3-4-16-29(25)31/h3-23H,1-2H3. The number of nitriles is 1. The fraction of sp³-hybridized carbons (Fsp3) is 0.0750. The Balaban J connectivity index is 1.31. The van der Waals surface area contributed by atoms with E-state index >= 15 is 0 Å². The molecule has 0 bridgehead atoms. The van der Waals surface area contributed by atoms with E-state index in [-0.39, 0.29) is 5.41 Å². The lowest BCUT2D eigenvalue weighted by molar-refractivity contribution is 0.417. The fourth-order valence-electron chi connectivity index (χ4n) is 6.64. The number of aromatic nitrogens is 2. The third kappa shape index (κ3) is 3.98. The van der Waals surface area contributed by atoms with Gasteiger partial charge in [-0.2, -0.15) is 5.26 Å². The molecule has 8 rings (SSSR count). The Kier molecular flexibility index (Phi) is 5.82. The molecule has 0 amide bonds. The molecule has 4 heteroatoms. The minimum atomic E-state index is -0.383. The Labute approximate surface area is 255 Å². The second-order valence-electron chi connectivity index (χ2n) is 11.7. The SMILES string of the molecule is CC1(C)c2cccc(C#N)c2Oc2cccc(-c3cccc(-c4nc(-c5cccc6ccccc56)nc5ccccc45)c3)c21. The van der Waals surface area contributed by atoms with Crippen LogP contribution in [0.1, 0.15) is 30.5 Å². The Morgan fingerprint density at radius 2 is 1.36 bits per heavy atom. The van der Waals surface area contributed by atoms with Crippen LogP contribution in [0.15, 0.2) is 127 Å². The van der Waals surface area contributed by atoms with Crippen molar-refractivity contribution < 1.29 is 4.74 Å². The zero-order valence-corrected chi connectivity index (χ0v) is 24.4. The van der Waals surface area contributed by atoms with E-state index < -0.39 is 0 Å². The summed E-state index contributed by atoms with van der Waals surface area (Å²) in [5, 5.41) is 13.1. The third-order valence-corrected chi connectivity index (χ3v) is 8.75. The molecule has 208 valence electrons. The van der Waals surface area contributed by atoms with Crippen molar-refractivity contribution in [3.8, 4) is 51.3 Å². The van der Waals surface area contributed by atoms with Gasteiger partial charge in [-0.3, -0.25) is 0 Å². The number of rotatable bonds is 3. The van der Waals surface area contributed by atoms with Gasteiger partial charge in [-0.15, -0.1) is 0 Å². The smallest absolute Gasteiger partial charge is 0.161 e. The Bertz CT molecular complexity index is 2310. The first-order valence-electron chi connectivity index (χ1n) is 14.7. The molecule has 0 aliphatic carbocycles. The van der Waals surface area contributed by atoms with E-state index in [0.29, 0.717) is 17.1 Å². The van der Waals surface area contributed by atoms with Gasteiger partial charge in [0.1, 0.15) is 17.6 Å². The first-order chi connectivity index (χ1) is 21.5. The summed E-state index contributed by atoms with van der Waals surface area (Å²) in [6.07, 6.45) is 0. The van der Waals surface area contributed by atoms with Crippen molar-refractivity contribution in [1.29, 1.82) is 5.26 Å². The largest absolute Gasteiger partial charge is 0.455 e. The van der Waals surface area contributed by atoms with E-state index in [1.807, 2.05) is 36.4 Å². The summed E-state index contributed by atoms with van der Waals surface area (Å²) < 4.78 is 6.43. The second-order valence-corrected chi connectivity index (χ2v) is 11.7. The van der Waals surface area contributed by atoms with E-state index in [0.717, 1.165) is 66.5 Å². The molecular weight excluding hydrogens is 538 g/mol. The highest BCUT2D eigenvalue weighted by Gasteiger charge is 2.37. The first kappa shape index (κ1) is 25.9. The van der Waals surface area contributed by atoms with Crippen molar-refractivity contribution in [2.45, 2.75) is 19.3 Å². The number of hydrogen-bond donors (Lipinski definition) is 0. The van der Waals surface area contributed by atoms with Gasteiger partial charge in [-0.05, 0) is 46.2 Å². The van der Waals surface area contributed by atoms with Crippen LogP contribution >= 0.6 is 0 Å². The molecule has 0 saturated heterocycles. The lowest BCUT2D eigenvalue weighted by Gasteiger charge is -2.36. The maximum absolute atomic E-state index is 9.76. The zero-order chi connectivity index (χ0) is 29.8. The van der Waals surface area contributed by atoms with Crippen molar-refractivity contribution in [3.05, 3.63) is 144 Å². The van der Waals surface area contributed by atoms with Crippen LogP contribution in [0, 0.1) is 11.3 Å². The zero-order valence-electron chi connectivity index (χ0n) is 24.4. The molecule has 0 atom stereocenters. The maximum Gasteiger partial charge on any atom is 0.161 e. The third-order valence-electron chi connectivity index (χ3n) is 8.75. The van der Waals surface area contributed by atoms with Gasteiger partial charge in [0, 0.05) is 33.1 Å². The van der Waals surface area contributed by atoms with Crippen molar-refractivity contribution >= 4 is 21.7 Å². The topological polar surface area (TPSA) is 58.8 Å². The van der Waals surface area contributed by atoms with Crippen LogP contribution in [0.2, 0.25) is 0 Å². The predicted molar refractivity (Wildman–Crippen MR) is 177 cm³/mol. The van der Waals surface area contributed by atoms with Gasteiger partial charge in [-0.1, -0.05) is 117 Å². The molecule has 1 aliphatic heterocycles. The van der Waals surface area contributed by atoms with Crippen LogP contribution in [0.3, 0.4) is 0 Å². The maximum atomic E-state index is 9.76. The summed E-state index contributed by atoms with van der Waals surface area (Å²) in [5.41, 5.74) is 8.27. The molecule has 7 aromatic rings. The summed E-state index contributed by atoms with van der Waals surface area (Å²) in [6.45, 7) is 4.41. The van der Waals surface area contributed by atoms with Crippen molar-refractivity contribution in [2.75, 3.05) is 0 Å². The summed E-state index contributed by atoms with van der Waals surface area (Å²) in [4.78, 5) is 10.2. The Morgan fingerprint density at radius 3 is 2.25 bits per heavy atom. The number of benzene rings is 6. The minimum absolute atomic E-state index is 0.383. The average molecular weight is 566 g/mol. The predicted octanol–water partition coefficient (Wildman–Crippen LogP) is 10.1. The van der Waals surface area contributed by atoms with Crippen LogP contribution in [0.4, 0.5) is 0 Å². The number of para-hydroxylation sites is 2. The number of hydrogen-bond acceptors (Lipinski definition) is 4. The number of fused-ring (bicyclic) bond motifs is 4. The van der Waals surface area contributed by atoms with Gasteiger partial charge >= 0.3 is 0 Å². The second kappa shape index (κ2) is 9.90. The highest BCUT2D eigenvalue weighted by Crippen LogP contribution is 2.52. The van der Waals surface area contributed by atoms with Crippen molar-refractivity contribution in [1.82, 2.24) is 9.97 Å². The van der Waals surface area contributed by atoms with E-state index in [1.165, 1.54) is 0 Å². The van der Waals surface area contributed by atoms with Crippen LogP contribution < -0.4 is 4.74 Å². The molecule has 44 heavy (non-hydrogen) atoms. The van der Waals surface area contributed by atoms with Gasteiger partial charge in [0.15, 0.2) is 5.82 Å². The summed E-state index contributed by atoms with van der Waals surface area (Å²) in [5.74, 6) is 2.13. The monoisotopic (exact) mass is 565 g/mol.